The van der Waals surface area contributed by atoms with Crippen molar-refractivity contribution in [2.75, 3.05) is 0 Å². The van der Waals surface area contributed by atoms with Crippen molar-refractivity contribution in [2.24, 2.45) is 17.8 Å². The smallest absolute Gasteiger partial charge is 0.387 e. The van der Waals surface area contributed by atoms with E-state index in [9.17, 15) is 8.78 Å². The third-order valence-electron chi connectivity index (χ3n) is 7.13. The molecule has 1 aromatic rings. The molecule has 3 rings (SSSR count). The molecule has 0 amide bonds. The average molecular weight is 379 g/mol. The van der Waals surface area contributed by atoms with E-state index < -0.39 is 6.61 Å². The van der Waals surface area contributed by atoms with Crippen LogP contribution in [0.25, 0.3) is 0 Å². The van der Waals surface area contributed by atoms with Crippen molar-refractivity contribution in [1.82, 2.24) is 0 Å². The van der Waals surface area contributed by atoms with Crippen molar-refractivity contribution >= 4 is 0 Å². The molecule has 2 saturated carbocycles. The van der Waals surface area contributed by atoms with Crippen LogP contribution in [0.15, 0.2) is 12.1 Å². The van der Waals surface area contributed by atoms with Gasteiger partial charge in [-0.15, -0.1) is 0 Å². The molecule has 2 aliphatic carbocycles. The summed E-state index contributed by atoms with van der Waals surface area (Å²) in [4.78, 5) is 0. The summed E-state index contributed by atoms with van der Waals surface area (Å²) in [5, 5.41) is 0. The Morgan fingerprint density at radius 2 is 1.33 bits per heavy atom. The molecule has 3 heteroatoms. The Balaban J connectivity index is 1.49. The lowest BCUT2D eigenvalue weighted by atomic mass is 9.74. The van der Waals surface area contributed by atoms with Crippen LogP contribution in [-0.4, -0.2) is 6.61 Å². The maximum Gasteiger partial charge on any atom is 0.387 e. The number of ether oxygens (including phenoxy) is 1. The Hall–Kier alpha value is -1.12. The standard InChI is InChI=1S/C24H36F2O/c1-16-4-6-19(7-5-16)8-9-20-10-12-21(13-11-20)22-14-17(2)23(18(3)15-22)27-24(25)26/h14-16,19-21,24H,4-13H2,1-3H3. The molecule has 0 unspecified atom stereocenters. The summed E-state index contributed by atoms with van der Waals surface area (Å²) in [6.07, 6.45) is 13.7. The molecule has 2 fully saturated rings. The maximum atomic E-state index is 12.6. The van der Waals surface area contributed by atoms with Crippen LogP contribution in [-0.2, 0) is 0 Å². The predicted octanol–water partition coefficient (Wildman–Crippen LogP) is 7.79. The SMILES string of the molecule is Cc1cc(C2CCC(CCC3CCC(C)CC3)CC2)cc(C)c1OC(F)F. The molecule has 0 N–H and O–H groups in total. The van der Waals surface area contributed by atoms with Crippen molar-refractivity contribution in [1.29, 1.82) is 0 Å². The van der Waals surface area contributed by atoms with E-state index in [4.69, 9.17) is 4.74 Å². The summed E-state index contributed by atoms with van der Waals surface area (Å²) in [5.74, 6) is 3.75. The zero-order chi connectivity index (χ0) is 19.4. The Morgan fingerprint density at radius 3 is 1.81 bits per heavy atom. The van der Waals surface area contributed by atoms with E-state index in [2.05, 4.69) is 19.1 Å². The molecular formula is C24H36F2O. The van der Waals surface area contributed by atoms with Crippen molar-refractivity contribution in [3.8, 4) is 5.75 Å². The first kappa shape index (κ1) is 20.6. The van der Waals surface area contributed by atoms with Gasteiger partial charge in [-0.25, -0.2) is 0 Å². The first-order valence-electron chi connectivity index (χ1n) is 11.0. The van der Waals surface area contributed by atoms with Gasteiger partial charge in [-0.3, -0.25) is 0 Å². The highest BCUT2D eigenvalue weighted by molar-refractivity contribution is 5.44. The minimum absolute atomic E-state index is 0.351. The quantitative estimate of drug-likeness (QED) is 0.491. The normalized spacial score (nSPS) is 29.1. The third kappa shape index (κ3) is 5.68. The van der Waals surface area contributed by atoms with Crippen LogP contribution in [0, 0.1) is 31.6 Å². The summed E-state index contributed by atoms with van der Waals surface area (Å²) < 4.78 is 29.9. The number of alkyl halides is 2. The highest BCUT2D eigenvalue weighted by atomic mass is 19.3. The molecule has 27 heavy (non-hydrogen) atoms. The van der Waals surface area contributed by atoms with Gasteiger partial charge in [0.15, 0.2) is 0 Å². The number of hydrogen-bond acceptors (Lipinski definition) is 1. The fourth-order valence-electron chi connectivity index (χ4n) is 5.37. The lowest BCUT2D eigenvalue weighted by Crippen LogP contribution is -2.17. The monoisotopic (exact) mass is 378 g/mol. The fraction of sp³-hybridized carbons (Fsp3) is 0.750. The Labute approximate surface area is 163 Å². The zero-order valence-electron chi connectivity index (χ0n) is 17.3. The van der Waals surface area contributed by atoms with Gasteiger partial charge in [-0.05, 0) is 79.9 Å². The first-order valence-corrected chi connectivity index (χ1v) is 11.0. The van der Waals surface area contributed by atoms with E-state index >= 15 is 0 Å². The van der Waals surface area contributed by atoms with Gasteiger partial charge in [0.2, 0.25) is 0 Å². The van der Waals surface area contributed by atoms with E-state index in [0.29, 0.717) is 11.7 Å². The minimum Gasteiger partial charge on any atom is -0.434 e. The van der Waals surface area contributed by atoms with E-state index in [-0.39, 0.29) is 0 Å². The Morgan fingerprint density at radius 1 is 0.852 bits per heavy atom. The number of rotatable bonds is 6. The average Bonchev–Trinajstić information content (AvgIpc) is 2.64. The van der Waals surface area contributed by atoms with Crippen LogP contribution >= 0.6 is 0 Å². The first-order chi connectivity index (χ1) is 12.9. The summed E-state index contributed by atoms with van der Waals surface area (Å²) >= 11 is 0. The second-order valence-electron chi connectivity index (χ2n) is 9.28. The van der Waals surface area contributed by atoms with Gasteiger partial charge >= 0.3 is 6.61 Å². The van der Waals surface area contributed by atoms with Crippen LogP contribution in [0.1, 0.15) is 93.7 Å². The second-order valence-corrected chi connectivity index (χ2v) is 9.28. The van der Waals surface area contributed by atoms with Gasteiger partial charge in [0, 0.05) is 0 Å². The molecule has 0 atom stereocenters. The molecule has 0 saturated heterocycles. The number of hydrogen-bond donors (Lipinski definition) is 0. The molecular weight excluding hydrogens is 342 g/mol. The molecule has 0 bridgehead atoms. The highest BCUT2D eigenvalue weighted by Crippen LogP contribution is 2.41. The number of halogens is 2. The van der Waals surface area contributed by atoms with E-state index in [0.717, 1.165) is 28.9 Å². The number of benzene rings is 1. The topological polar surface area (TPSA) is 9.23 Å². The van der Waals surface area contributed by atoms with Crippen molar-refractivity contribution in [3.05, 3.63) is 28.8 Å². The van der Waals surface area contributed by atoms with Gasteiger partial charge in [0.05, 0.1) is 0 Å². The number of aryl methyl sites for hydroxylation is 2. The largest absolute Gasteiger partial charge is 0.434 e. The molecule has 1 nitrogen and oxygen atoms in total. The van der Waals surface area contributed by atoms with Crippen LogP contribution in [0.3, 0.4) is 0 Å². The molecule has 2 aliphatic rings. The lowest BCUT2D eigenvalue weighted by Gasteiger charge is -2.32. The van der Waals surface area contributed by atoms with Crippen molar-refractivity contribution in [2.45, 2.75) is 97.5 Å². The summed E-state index contributed by atoms with van der Waals surface area (Å²) in [5.41, 5.74) is 2.98. The van der Waals surface area contributed by atoms with Gasteiger partial charge in [0.25, 0.3) is 0 Å². The van der Waals surface area contributed by atoms with Crippen LogP contribution in [0.2, 0.25) is 0 Å². The van der Waals surface area contributed by atoms with E-state index in [1.165, 1.54) is 69.8 Å². The molecule has 0 aromatic heterocycles. The van der Waals surface area contributed by atoms with Crippen LogP contribution < -0.4 is 4.74 Å². The zero-order valence-corrected chi connectivity index (χ0v) is 17.3. The minimum atomic E-state index is -2.75. The fourth-order valence-corrected chi connectivity index (χ4v) is 5.37. The van der Waals surface area contributed by atoms with Gasteiger partial charge < -0.3 is 4.74 Å². The second kappa shape index (κ2) is 9.39. The summed E-state index contributed by atoms with van der Waals surface area (Å²) in [6, 6.07) is 4.14. The maximum absolute atomic E-state index is 12.6. The van der Waals surface area contributed by atoms with Gasteiger partial charge in [-0.1, -0.05) is 57.6 Å². The molecule has 0 aliphatic heterocycles. The van der Waals surface area contributed by atoms with Gasteiger partial charge in [-0.2, -0.15) is 8.78 Å². The molecule has 0 radical (unpaired) electrons. The summed E-state index contributed by atoms with van der Waals surface area (Å²) in [7, 11) is 0. The van der Waals surface area contributed by atoms with E-state index in [1.54, 1.807) is 0 Å². The Bertz CT molecular complexity index is 573. The summed E-state index contributed by atoms with van der Waals surface area (Å²) in [6.45, 7) is 3.40. The predicted molar refractivity (Wildman–Crippen MR) is 108 cm³/mol. The van der Waals surface area contributed by atoms with E-state index in [1.807, 2.05) is 13.8 Å². The lowest BCUT2D eigenvalue weighted by molar-refractivity contribution is -0.0507. The van der Waals surface area contributed by atoms with Gasteiger partial charge in [0.1, 0.15) is 5.75 Å². The molecule has 0 heterocycles. The molecule has 152 valence electrons. The van der Waals surface area contributed by atoms with Crippen LogP contribution in [0.5, 0.6) is 5.75 Å². The van der Waals surface area contributed by atoms with Crippen molar-refractivity contribution < 1.29 is 13.5 Å². The third-order valence-corrected chi connectivity index (χ3v) is 7.13. The molecule has 0 spiro atoms. The van der Waals surface area contributed by atoms with Crippen LogP contribution in [0.4, 0.5) is 8.78 Å². The van der Waals surface area contributed by atoms with Crippen molar-refractivity contribution in [3.63, 3.8) is 0 Å². The molecule has 1 aromatic carbocycles. The Kier molecular flexibility index (Phi) is 7.16. The highest BCUT2D eigenvalue weighted by Gasteiger charge is 2.25.